The monoisotopic (exact) mass is 347 g/mol. The molecule has 128 valence electrons. The highest BCUT2D eigenvalue weighted by Gasteiger charge is 2.41. The van der Waals surface area contributed by atoms with Gasteiger partial charge in [0, 0.05) is 24.4 Å². The number of hydrogen-bond donors (Lipinski definition) is 1. The molecule has 2 aliphatic rings. The van der Waals surface area contributed by atoms with Crippen LogP contribution in [0.4, 0.5) is 0 Å². The van der Waals surface area contributed by atoms with Crippen molar-refractivity contribution in [1.29, 1.82) is 0 Å². The van der Waals surface area contributed by atoms with Crippen molar-refractivity contribution in [3.63, 3.8) is 0 Å². The Morgan fingerprint density at radius 2 is 2.00 bits per heavy atom. The van der Waals surface area contributed by atoms with Crippen molar-refractivity contribution >= 4 is 22.7 Å². The summed E-state index contributed by atoms with van der Waals surface area (Å²) in [5, 5.41) is 0.569. The van der Waals surface area contributed by atoms with Crippen molar-refractivity contribution in [3.8, 4) is 0 Å². The maximum atomic E-state index is 12.9. The Morgan fingerprint density at radius 3 is 2.75 bits per heavy atom. The zero-order chi connectivity index (χ0) is 16.6. The summed E-state index contributed by atoms with van der Waals surface area (Å²) in [7, 11) is 0. The molecule has 0 radical (unpaired) electrons. The quantitative estimate of drug-likeness (QED) is 0.893. The van der Waals surface area contributed by atoms with Gasteiger partial charge in [-0.1, -0.05) is 12.1 Å². The van der Waals surface area contributed by atoms with E-state index < -0.39 is 0 Å². The molecule has 24 heavy (non-hydrogen) atoms. The summed E-state index contributed by atoms with van der Waals surface area (Å²) in [5.74, 6) is 2.02. The molecular formula is C17H21N3O3S. The molecule has 1 aromatic heterocycles. The minimum absolute atomic E-state index is 0.131. The van der Waals surface area contributed by atoms with Crippen LogP contribution in [0.2, 0.25) is 0 Å². The Hall–Kier alpha value is -1.57. The third-order valence-electron chi connectivity index (χ3n) is 5.11. The van der Waals surface area contributed by atoms with Gasteiger partial charge in [-0.2, -0.15) is 11.8 Å². The van der Waals surface area contributed by atoms with Crippen LogP contribution in [0.15, 0.2) is 33.9 Å². The van der Waals surface area contributed by atoms with E-state index in [1.807, 2.05) is 23.9 Å². The van der Waals surface area contributed by atoms with E-state index in [-0.39, 0.29) is 16.8 Å². The minimum Gasteiger partial charge on any atom is -0.379 e. The maximum Gasteiger partial charge on any atom is 0.328 e. The summed E-state index contributed by atoms with van der Waals surface area (Å²) in [6.07, 6.45) is 0.996. The summed E-state index contributed by atoms with van der Waals surface area (Å²) in [6, 6.07) is 7.20. The molecule has 0 spiro atoms. The van der Waals surface area contributed by atoms with E-state index in [0.29, 0.717) is 17.4 Å². The molecule has 0 unspecified atom stereocenters. The van der Waals surface area contributed by atoms with Gasteiger partial charge >= 0.3 is 5.69 Å². The van der Waals surface area contributed by atoms with Crippen LogP contribution >= 0.6 is 11.8 Å². The van der Waals surface area contributed by atoms with Gasteiger partial charge in [-0.3, -0.25) is 14.3 Å². The van der Waals surface area contributed by atoms with Crippen molar-refractivity contribution in [1.82, 2.24) is 14.5 Å². The Labute approximate surface area is 143 Å². The number of benzene rings is 1. The van der Waals surface area contributed by atoms with Crippen LogP contribution in [-0.4, -0.2) is 57.8 Å². The molecule has 0 aliphatic carbocycles. The average Bonchev–Trinajstić information content (AvgIpc) is 3.09. The normalized spacial score (nSPS) is 25.3. The van der Waals surface area contributed by atoms with Gasteiger partial charge in [0.25, 0.3) is 5.56 Å². The number of aromatic amines is 1. The fraction of sp³-hybridized carbons (Fsp3) is 0.529. The summed E-state index contributed by atoms with van der Waals surface area (Å²) in [6.45, 7) is 3.60. The number of hydrogen-bond acceptors (Lipinski definition) is 5. The van der Waals surface area contributed by atoms with Crippen LogP contribution in [0.25, 0.3) is 10.9 Å². The van der Waals surface area contributed by atoms with Crippen LogP contribution in [0.3, 0.4) is 0 Å². The predicted molar refractivity (Wildman–Crippen MR) is 95.9 cm³/mol. The Bertz CT molecular complexity index is 848. The van der Waals surface area contributed by atoms with Crippen LogP contribution in [-0.2, 0) is 11.3 Å². The Morgan fingerprint density at radius 1 is 1.21 bits per heavy atom. The lowest BCUT2D eigenvalue weighted by atomic mass is 9.95. The first-order valence-corrected chi connectivity index (χ1v) is 9.48. The van der Waals surface area contributed by atoms with Gasteiger partial charge in [-0.15, -0.1) is 0 Å². The summed E-state index contributed by atoms with van der Waals surface area (Å²) in [5.41, 5.74) is -0.0413. The number of H-pyrrole nitrogens is 1. The van der Waals surface area contributed by atoms with Gasteiger partial charge in [0.1, 0.15) is 0 Å². The number of para-hydroxylation sites is 1. The molecule has 1 N–H and O–H groups in total. The second-order valence-electron chi connectivity index (χ2n) is 6.49. The summed E-state index contributed by atoms with van der Waals surface area (Å²) in [4.78, 5) is 30.6. The minimum atomic E-state index is -0.316. The predicted octanol–water partition coefficient (Wildman–Crippen LogP) is 0.898. The lowest BCUT2D eigenvalue weighted by molar-refractivity contribution is -0.0202. The molecule has 2 aromatic rings. The highest BCUT2D eigenvalue weighted by molar-refractivity contribution is 7.99. The molecule has 0 bridgehead atoms. The van der Waals surface area contributed by atoms with Crippen molar-refractivity contribution in [3.05, 3.63) is 45.1 Å². The lowest BCUT2D eigenvalue weighted by Gasteiger charge is -2.43. The smallest absolute Gasteiger partial charge is 0.328 e. The second kappa shape index (κ2) is 6.38. The van der Waals surface area contributed by atoms with Crippen molar-refractivity contribution in [2.75, 3.05) is 37.8 Å². The van der Waals surface area contributed by atoms with Crippen LogP contribution in [0.1, 0.15) is 6.42 Å². The number of nitrogens with zero attached hydrogens (tertiary/aromatic N) is 2. The zero-order valence-electron chi connectivity index (χ0n) is 13.5. The first-order chi connectivity index (χ1) is 11.7. The van der Waals surface area contributed by atoms with Gasteiger partial charge in [0.05, 0.1) is 30.7 Å². The van der Waals surface area contributed by atoms with Crippen molar-refractivity contribution in [2.24, 2.45) is 0 Å². The highest BCUT2D eigenvalue weighted by atomic mass is 32.2. The largest absolute Gasteiger partial charge is 0.379 e. The van der Waals surface area contributed by atoms with Crippen molar-refractivity contribution in [2.45, 2.75) is 18.5 Å². The summed E-state index contributed by atoms with van der Waals surface area (Å²) >= 11 is 1.90. The van der Waals surface area contributed by atoms with Crippen LogP contribution in [0.5, 0.6) is 0 Å². The molecule has 2 aliphatic heterocycles. The van der Waals surface area contributed by atoms with Crippen LogP contribution < -0.4 is 11.2 Å². The first-order valence-electron chi connectivity index (χ1n) is 8.32. The molecular weight excluding hydrogens is 326 g/mol. The average molecular weight is 347 g/mol. The number of aromatic nitrogens is 2. The van der Waals surface area contributed by atoms with E-state index >= 15 is 0 Å². The van der Waals surface area contributed by atoms with E-state index in [1.54, 1.807) is 12.1 Å². The molecule has 2 fully saturated rings. The Kier molecular flexibility index (Phi) is 4.24. The topological polar surface area (TPSA) is 67.3 Å². The van der Waals surface area contributed by atoms with Crippen molar-refractivity contribution < 1.29 is 4.74 Å². The van der Waals surface area contributed by atoms with Gasteiger partial charge in [0.2, 0.25) is 0 Å². The molecule has 7 heteroatoms. The molecule has 2 saturated heterocycles. The number of morpholine rings is 1. The standard InChI is InChI=1S/C17H21N3O3S/c21-15-13-3-1-2-4-14(13)18-16(22)20(15)11-17(5-10-24-12-17)19-6-8-23-9-7-19/h1-4H,5-12H2,(H,18,22)/t17-/m1/s1. The molecule has 4 rings (SSSR count). The molecule has 0 saturated carbocycles. The Balaban J connectivity index is 1.76. The van der Waals surface area contributed by atoms with Gasteiger partial charge < -0.3 is 9.72 Å². The highest BCUT2D eigenvalue weighted by Crippen LogP contribution is 2.35. The third kappa shape index (κ3) is 2.70. The first kappa shape index (κ1) is 15.9. The third-order valence-corrected chi connectivity index (χ3v) is 6.34. The lowest BCUT2D eigenvalue weighted by Crippen LogP contribution is -2.58. The number of ether oxygens (including phenoxy) is 1. The van der Waals surface area contributed by atoms with Gasteiger partial charge in [-0.05, 0) is 24.3 Å². The van der Waals surface area contributed by atoms with E-state index in [1.165, 1.54) is 4.57 Å². The molecule has 1 atom stereocenters. The van der Waals surface area contributed by atoms with Crippen LogP contribution in [0, 0.1) is 0 Å². The molecule has 6 nitrogen and oxygen atoms in total. The SMILES string of the molecule is O=c1[nH]c2ccccc2c(=O)n1C[C@]1(N2CCOCC2)CCSC1. The fourth-order valence-corrected chi connectivity index (χ4v) is 5.21. The molecule has 3 heterocycles. The number of nitrogens with one attached hydrogen (secondary N) is 1. The van der Waals surface area contributed by atoms with E-state index in [0.717, 1.165) is 44.2 Å². The van der Waals surface area contributed by atoms with E-state index in [4.69, 9.17) is 4.74 Å². The number of rotatable bonds is 3. The molecule has 0 amide bonds. The van der Waals surface area contributed by atoms with E-state index in [9.17, 15) is 9.59 Å². The van der Waals surface area contributed by atoms with Gasteiger partial charge in [-0.25, -0.2) is 4.79 Å². The summed E-state index contributed by atoms with van der Waals surface area (Å²) < 4.78 is 6.87. The maximum absolute atomic E-state index is 12.9. The fourth-order valence-electron chi connectivity index (χ4n) is 3.75. The zero-order valence-corrected chi connectivity index (χ0v) is 14.3. The second-order valence-corrected chi connectivity index (χ2v) is 7.60. The number of thioether (sulfide) groups is 1. The molecule has 1 aromatic carbocycles. The van der Waals surface area contributed by atoms with E-state index in [2.05, 4.69) is 9.88 Å². The number of fused-ring (bicyclic) bond motifs is 1. The van der Waals surface area contributed by atoms with Gasteiger partial charge in [0.15, 0.2) is 0 Å².